The number of halogens is 1. The lowest BCUT2D eigenvalue weighted by Crippen LogP contribution is -2.38. The number of carbonyl (C=O) groups excluding carboxylic acids is 1. The van der Waals surface area contributed by atoms with E-state index in [0.29, 0.717) is 5.69 Å². The molecule has 0 aliphatic carbocycles. The molecule has 0 aliphatic rings. The molecular formula is C18H18FN3O4S2. The molecule has 3 aromatic rings. The molecule has 1 heterocycles. The number of methoxy groups -OCH3 is 1. The van der Waals surface area contributed by atoms with Crippen LogP contribution in [0.4, 0.5) is 10.1 Å². The van der Waals surface area contributed by atoms with Crippen LogP contribution >= 0.6 is 11.5 Å². The number of likely N-dealkylation sites (N-methyl/N-ethyl adjacent to an activating group) is 1. The van der Waals surface area contributed by atoms with Crippen LogP contribution in [-0.4, -0.2) is 43.2 Å². The van der Waals surface area contributed by atoms with Crippen molar-refractivity contribution < 1.29 is 22.3 Å². The van der Waals surface area contributed by atoms with Crippen molar-refractivity contribution in [2.24, 2.45) is 0 Å². The van der Waals surface area contributed by atoms with Gasteiger partial charge in [-0.1, -0.05) is 6.92 Å². The minimum atomic E-state index is -4.13. The molecule has 0 radical (unpaired) electrons. The zero-order chi connectivity index (χ0) is 20.3. The van der Waals surface area contributed by atoms with Crippen molar-refractivity contribution in [3.8, 4) is 5.75 Å². The average molecular weight is 423 g/mol. The maximum atomic E-state index is 13.6. The van der Waals surface area contributed by atoms with Gasteiger partial charge in [0.05, 0.1) is 18.4 Å². The van der Waals surface area contributed by atoms with Crippen LogP contribution in [0.25, 0.3) is 10.1 Å². The zero-order valence-corrected chi connectivity index (χ0v) is 16.8. The van der Waals surface area contributed by atoms with Gasteiger partial charge in [-0.3, -0.25) is 4.79 Å². The highest BCUT2D eigenvalue weighted by Crippen LogP contribution is 2.27. The van der Waals surface area contributed by atoms with Crippen LogP contribution in [0.3, 0.4) is 0 Å². The molecule has 0 unspecified atom stereocenters. The third kappa shape index (κ3) is 4.13. The molecule has 10 heteroatoms. The number of carbonyl (C=O) groups is 1. The van der Waals surface area contributed by atoms with Crippen molar-refractivity contribution in [2.75, 3.05) is 25.5 Å². The topological polar surface area (TPSA) is 88.6 Å². The number of amides is 1. The van der Waals surface area contributed by atoms with Gasteiger partial charge in [0.15, 0.2) is 0 Å². The molecule has 0 spiro atoms. The van der Waals surface area contributed by atoms with Crippen molar-refractivity contribution in [2.45, 2.75) is 11.8 Å². The third-order valence-electron chi connectivity index (χ3n) is 4.05. The van der Waals surface area contributed by atoms with Crippen molar-refractivity contribution in [1.29, 1.82) is 0 Å². The molecule has 0 saturated heterocycles. The van der Waals surface area contributed by atoms with Gasteiger partial charge in [-0.15, -0.1) is 0 Å². The van der Waals surface area contributed by atoms with Crippen LogP contribution in [0.2, 0.25) is 0 Å². The van der Waals surface area contributed by atoms with Gasteiger partial charge in [0, 0.05) is 23.8 Å². The molecule has 2 aromatic carbocycles. The first-order valence-corrected chi connectivity index (χ1v) is 10.5. The van der Waals surface area contributed by atoms with E-state index in [4.69, 9.17) is 4.74 Å². The number of sulfonamides is 1. The van der Waals surface area contributed by atoms with Crippen LogP contribution in [0.15, 0.2) is 47.5 Å². The first kappa shape index (κ1) is 20.2. The number of nitrogens with zero attached hydrogens (tertiary/aromatic N) is 2. The highest BCUT2D eigenvalue weighted by Gasteiger charge is 2.29. The largest absolute Gasteiger partial charge is 0.495 e. The maximum Gasteiger partial charge on any atom is 0.247 e. The first-order chi connectivity index (χ1) is 13.3. The number of rotatable bonds is 7. The Bertz CT molecular complexity index is 1110. The summed E-state index contributed by atoms with van der Waals surface area (Å²) in [7, 11) is -2.83. The predicted octanol–water partition coefficient (Wildman–Crippen LogP) is 3.09. The van der Waals surface area contributed by atoms with Crippen molar-refractivity contribution in [1.82, 2.24) is 8.68 Å². The smallest absolute Gasteiger partial charge is 0.247 e. The summed E-state index contributed by atoms with van der Waals surface area (Å²) in [6.07, 6.45) is 1.69. The van der Waals surface area contributed by atoms with E-state index in [1.807, 2.05) is 6.07 Å². The Balaban J connectivity index is 1.80. The molecule has 0 bridgehead atoms. The predicted molar refractivity (Wildman–Crippen MR) is 106 cm³/mol. The molecule has 1 amide bonds. The Hall–Kier alpha value is -2.56. The van der Waals surface area contributed by atoms with Crippen LogP contribution in [0, 0.1) is 5.82 Å². The summed E-state index contributed by atoms with van der Waals surface area (Å²) in [5, 5.41) is 3.56. The van der Waals surface area contributed by atoms with E-state index in [0.717, 1.165) is 26.5 Å². The fraction of sp³-hybridized carbons (Fsp3) is 0.222. The van der Waals surface area contributed by atoms with Crippen LogP contribution in [-0.2, 0) is 14.8 Å². The van der Waals surface area contributed by atoms with E-state index < -0.39 is 28.3 Å². The molecule has 0 aliphatic heterocycles. The highest BCUT2D eigenvalue weighted by atomic mass is 32.2. The van der Waals surface area contributed by atoms with E-state index in [9.17, 15) is 17.6 Å². The first-order valence-electron chi connectivity index (χ1n) is 8.33. The maximum absolute atomic E-state index is 13.6. The van der Waals surface area contributed by atoms with Gasteiger partial charge in [-0.05, 0) is 47.9 Å². The number of anilines is 1. The molecule has 0 saturated carbocycles. The molecule has 7 nitrogen and oxygen atoms in total. The molecular weight excluding hydrogens is 405 g/mol. The number of ether oxygens (including phenoxy) is 1. The monoisotopic (exact) mass is 423 g/mol. The molecule has 148 valence electrons. The highest BCUT2D eigenvalue weighted by molar-refractivity contribution is 7.89. The van der Waals surface area contributed by atoms with Gasteiger partial charge in [-0.2, -0.15) is 8.68 Å². The lowest BCUT2D eigenvalue weighted by molar-refractivity contribution is -0.116. The molecule has 0 atom stereocenters. The molecule has 28 heavy (non-hydrogen) atoms. The molecule has 3 rings (SSSR count). The Morgan fingerprint density at radius 2 is 2.07 bits per heavy atom. The second kappa shape index (κ2) is 8.21. The number of hydrogen-bond donors (Lipinski definition) is 1. The molecule has 1 N–H and O–H groups in total. The summed E-state index contributed by atoms with van der Waals surface area (Å²) < 4.78 is 50.5. The lowest BCUT2D eigenvalue weighted by atomic mass is 10.2. The van der Waals surface area contributed by atoms with Gasteiger partial charge < -0.3 is 10.1 Å². The fourth-order valence-corrected chi connectivity index (χ4v) is 4.87. The van der Waals surface area contributed by atoms with Gasteiger partial charge in [-0.25, -0.2) is 12.8 Å². The normalized spacial score (nSPS) is 11.7. The fourth-order valence-electron chi connectivity index (χ4n) is 2.67. The van der Waals surface area contributed by atoms with Gasteiger partial charge >= 0.3 is 0 Å². The van der Waals surface area contributed by atoms with E-state index in [2.05, 4.69) is 9.69 Å². The standard InChI is InChI=1S/C18H18FN3O4S2/c1-3-22(28(24,25)17-9-13(19)4-6-15(17)26-2)11-18(23)21-14-5-7-16-12(8-14)10-20-27-16/h4-10H,3,11H2,1-2H3,(H,21,23). The number of nitrogens with one attached hydrogen (secondary N) is 1. The summed E-state index contributed by atoms with van der Waals surface area (Å²) >= 11 is 1.34. The number of fused-ring (bicyclic) bond motifs is 1. The van der Waals surface area contributed by atoms with Crippen molar-refractivity contribution >= 4 is 43.2 Å². The van der Waals surface area contributed by atoms with E-state index in [1.54, 1.807) is 25.3 Å². The van der Waals surface area contributed by atoms with Crippen molar-refractivity contribution in [3.63, 3.8) is 0 Å². The minimum absolute atomic E-state index is 0.00988. The van der Waals surface area contributed by atoms with E-state index >= 15 is 0 Å². The van der Waals surface area contributed by atoms with Gasteiger partial charge in [0.1, 0.15) is 16.5 Å². The van der Waals surface area contributed by atoms with E-state index in [-0.39, 0.29) is 17.2 Å². The van der Waals surface area contributed by atoms with E-state index in [1.165, 1.54) is 24.7 Å². The Morgan fingerprint density at radius 1 is 1.29 bits per heavy atom. The summed E-state index contributed by atoms with van der Waals surface area (Å²) in [4.78, 5) is 12.1. The number of hydrogen-bond acceptors (Lipinski definition) is 6. The second-order valence-corrected chi connectivity index (χ2v) is 8.59. The molecule has 1 aromatic heterocycles. The van der Waals surface area contributed by atoms with Crippen LogP contribution < -0.4 is 10.1 Å². The molecule has 0 fully saturated rings. The summed E-state index contributed by atoms with van der Waals surface area (Å²) in [6.45, 7) is 1.21. The summed E-state index contributed by atoms with van der Waals surface area (Å²) in [5.74, 6) is -1.21. The van der Waals surface area contributed by atoms with Crippen LogP contribution in [0.5, 0.6) is 5.75 Å². The quantitative estimate of drug-likeness (QED) is 0.631. The van der Waals surface area contributed by atoms with Crippen molar-refractivity contribution in [3.05, 3.63) is 48.4 Å². The lowest BCUT2D eigenvalue weighted by Gasteiger charge is -2.21. The Labute approximate surface area is 166 Å². The average Bonchev–Trinajstić information content (AvgIpc) is 3.13. The Morgan fingerprint density at radius 3 is 2.79 bits per heavy atom. The third-order valence-corrected chi connectivity index (χ3v) is 6.77. The van der Waals surface area contributed by atoms with Gasteiger partial charge in [0.25, 0.3) is 0 Å². The summed E-state index contributed by atoms with van der Waals surface area (Å²) in [5.41, 5.74) is 0.537. The second-order valence-electron chi connectivity index (χ2n) is 5.85. The summed E-state index contributed by atoms with van der Waals surface area (Å²) in [6, 6.07) is 8.53. The SMILES string of the molecule is CCN(CC(=O)Nc1ccc2sncc2c1)S(=O)(=O)c1cc(F)ccc1OC. The number of benzene rings is 2. The Kier molecular flexibility index (Phi) is 5.92. The number of aromatic nitrogens is 1. The zero-order valence-electron chi connectivity index (χ0n) is 15.2. The minimum Gasteiger partial charge on any atom is -0.495 e. The van der Waals surface area contributed by atoms with Gasteiger partial charge in [0.2, 0.25) is 15.9 Å². The van der Waals surface area contributed by atoms with Crippen LogP contribution in [0.1, 0.15) is 6.92 Å².